The second-order valence-corrected chi connectivity index (χ2v) is 4.56. The van der Waals surface area contributed by atoms with Gasteiger partial charge in [0.25, 0.3) is 0 Å². The maximum absolute atomic E-state index is 12.9. The average Bonchev–Trinajstić information content (AvgIpc) is 2.55. The van der Waals surface area contributed by atoms with Crippen molar-refractivity contribution < 1.29 is 13.2 Å². The van der Waals surface area contributed by atoms with Crippen molar-refractivity contribution in [3.8, 4) is 22.4 Å². The fourth-order valence-corrected chi connectivity index (χ4v) is 2.11. The van der Waals surface area contributed by atoms with Crippen LogP contribution in [0.4, 0.5) is 13.2 Å². The summed E-state index contributed by atoms with van der Waals surface area (Å²) in [6.07, 6.45) is 1.73. The zero-order valence-corrected chi connectivity index (χ0v) is 11.2. The van der Waals surface area contributed by atoms with E-state index in [2.05, 4.69) is 15.0 Å². The van der Waals surface area contributed by atoms with Crippen LogP contribution in [0.3, 0.4) is 0 Å². The highest BCUT2D eigenvalue weighted by Crippen LogP contribution is 2.34. The minimum atomic E-state index is -4.49. The first kappa shape index (κ1) is 14.2. The first-order valence-corrected chi connectivity index (χ1v) is 6.45. The SMILES string of the molecule is FC(F)(F)c1ccc(-c2ccncc2)c(-c2ccncc2)n1. The van der Waals surface area contributed by atoms with E-state index in [0.717, 1.165) is 11.6 Å². The third-order valence-corrected chi connectivity index (χ3v) is 3.13. The third kappa shape index (κ3) is 2.81. The molecule has 0 fully saturated rings. The molecule has 0 radical (unpaired) electrons. The molecular weight excluding hydrogens is 291 g/mol. The second kappa shape index (κ2) is 5.55. The van der Waals surface area contributed by atoms with Crippen LogP contribution in [0.2, 0.25) is 0 Å². The van der Waals surface area contributed by atoms with Crippen molar-refractivity contribution in [2.24, 2.45) is 0 Å². The van der Waals surface area contributed by atoms with Gasteiger partial charge in [0.2, 0.25) is 0 Å². The predicted molar refractivity (Wildman–Crippen MR) is 75.7 cm³/mol. The number of aromatic nitrogens is 3. The molecule has 3 aromatic heterocycles. The van der Waals surface area contributed by atoms with E-state index in [1.165, 1.54) is 18.5 Å². The Hall–Kier alpha value is -2.76. The van der Waals surface area contributed by atoms with Gasteiger partial charge in [0.1, 0.15) is 5.69 Å². The largest absolute Gasteiger partial charge is 0.433 e. The maximum Gasteiger partial charge on any atom is 0.433 e. The smallest absolute Gasteiger partial charge is 0.265 e. The molecule has 3 heterocycles. The maximum atomic E-state index is 12.9. The number of halogens is 3. The number of nitrogens with zero attached hydrogens (tertiary/aromatic N) is 3. The van der Waals surface area contributed by atoms with Crippen LogP contribution < -0.4 is 0 Å². The molecule has 3 aromatic rings. The molecule has 22 heavy (non-hydrogen) atoms. The summed E-state index contributed by atoms with van der Waals surface area (Å²) in [5.74, 6) is 0. The minimum Gasteiger partial charge on any atom is -0.265 e. The Kier molecular flexibility index (Phi) is 3.58. The van der Waals surface area contributed by atoms with Gasteiger partial charge in [-0.1, -0.05) is 6.07 Å². The number of rotatable bonds is 2. The zero-order valence-electron chi connectivity index (χ0n) is 11.2. The van der Waals surface area contributed by atoms with Gasteiger partial charge < -0.3 is 0 Å². The lowest BCUT2D eigenvalue weighted by atomic mass is 10.0. The molecule has 6 heteroatoms. The van der Waals surface area contributed by atoms with Gasteiger partial charge in [-0.2, -0.15) is 13.2 Å². The molecule has 3 nitrogen and oxygen atoms in total. The molecule has 0 aliphatic rings. The van der Waals surface area contributed by atoms with Crippen LogP contribution in [-0.4, -0.2) is 15.0 Å². The zero-order chi connectivity index (χ0) is 15.6. The highest BCUT2D eigenvalue weighted by Gasteiger charge is 2.33. The van der Waals surface area contributed by atoms with E-state index in [1.54, 1.807) is 36.7 Å². The summed E-state index contributed by atoms with van der Waals surface area (Å²) in [4.78, 5) is 11.6. The van der Waals surface area contributed by atoms with E-state index in [9.17, 15) is 13.2 Å². The fraction of sp³-hybridized carbons (Fsp3) is 0.0625. The van der Waals surface area contributed by atoms with Crippen LogP contribution in [0.15, 0.2) is 61.2 Å². The summed E-state index contributed by atoms with van der Waals surface area (Å²) in [5.41, 5.74) is 1.29. The Morgan fingerprint density at radius 3 is 1.77 bits per heavy atom. The van der Waals surface area contributed by atoms with Crippen LogP contribution in [0.5, 0.6) is 0 Å². The van der Waals surface area contributed by atoms with Gasteiger partial charge in [-0.05, 0) is 35.9 Å². The third-order valence-electron chi connectivity index (χ3n) is 3.13. The number of hydrogen-bond acceptors (Lipinski definition) is 3. The topological polar surface area (TPSA) is 38.7 Å². The van der Waals surface area contributed by atoms with Gasteiger partial charge in [-0.25, -0.2) is 4.98 Å². The number of pyridine rings is 3. The number of alkyl halides is 3. The molecule has 0 N–H and O–H groups in total. The highest BCUT2D eigenvalue weighted by atomic mass is 19.4. The minimum absolute atomic E-state index is 0.267. The Bertz CT molecular complexity index is 772. The van der Waals surface area contributed by atoms with Crippen molar-refractivity contribution in [2.75, 3.05) is 0 Å². The van der Waals surface area contributed by atoms with E-state index < -0.39 is 11.9 Å². The second-order valence-electron chi connectivity index (χ2n) is 4.56. The summed E-state index contributed by atoms with van der Waals surface area (Å²) in [7, 11) is 0. The Labute approximate surface area is 124 Å². The van der Waals surface area contributed by atoms with Gasteiger partial charge in [0.15, 0.2) is 0 Å². The van der Waals surface area contributed by atoms with Gasteiger partial charge in [-0.15, -0.1) is 0 Å². The van der Waals surface area contributed by atoms with E-state index in [-0.39, 0.29) is 5.69 Å². The molecule has 0 bridgehead atoms. The van der Waals surface area contributed by atoms with Gasteiger partial charge in [0.05, 0.1) is 5.69 Å². The summed E-state index contributed by atoms with van der Waals surface area (Å²) in [6.45, 7) is 0. The first-order valence-electron chi connectivity index (χ1n) is 6.45. The van der Waals surface area contributed by atoms with Gasteiger partial charge >= 0.3 is 6.18 Å². The monoisotopic (exact) mass is 301 g/mol. The lowest BCUT2D eigenvalue weighted by molar-refractivity contribution is -0.141. The van der Waals surface area contributed by atoms with Gasteiger partial charge in [-0.3, -0.25) is 9.97 Å². The molecule has 0 saturated heterocycles. The van der Waals surface area contributed by atoms with Crippen molar-refractivity contribution in [1.29, 1.82) is 0 Å². The molecule has 110 valence electrons. The molecule has 0 spiro atoms. The van der Waals surface area contributed by atoms with Crippen LogP contribution in [-0.2, 0) is 6.18 Å². The summed E-state index contributed by atoms with van der Waals surface area (Å²) in [6, 6.07) is 9.14. The standard InChI is InChI=1S/C16H10F3N3/c17-16(18,19)14-2-1-13(11-3-7-20-8-4-11)15(22-14)12-5-9-21-10-6-12/h1-10H. The lowest BCUT2D eigenvalue weighted by Crippen LogP contribution is -2.09. The van der Waals surface area contributed by atoms with Crippen molar-refractivity contribution in [2.45, 2.75) is 6.18 Å². The molecule has 0 aliphatic heterocycles. The fourth-order valence-electron chi connectivity index (χ4n) is 2.11. The van der Waals surface area contributed by atoms with Crippen molar-refractivity contribution >= 4 is 0 Å². The van der Waals surface area contributed by atoms with Crippen LogP contribution in [0, 0.1) is 0 Å². The predicted octanol–water partition coefficient (Wildman–Crippen LogP) is 4.22. The molecule has 0 amide bonds. The first-order chi connectivity index (χ1) is 10.6. The van der Waals surface area contributed by atoms with Crippen molar-refractivity contribution in [1.82, 2.24) is 15.0 Å². The van der Waals surface area contributed by atoms with E-state index in [1.807, 2.05) is 0 Å². The molecule has 0 aromatic carbocycles. The van der Waals surface area contributed by atoms with Crippen molar-refractivity contribution in [3.05, 3.63) is 66.9 Å². The van der Waals surface area contributed by atoms with Crippen LogP contribution in [0.1, 0.15) is 5.69 Å². The Morgan fingerprint density at radius 1 is 0.682 bits per heavy atom. The lowest BCUT2D eigenvalue weighted by Gasteiger charge is -2.13. The molecule has 0 saturated carbocycles. The van der Waals surface area contributed by atoms with Gasteiger partial charge in [0, 0.05) is 35.9 Å². The molecule has 0 atom stereocenters. The molecule has 0 aliphatic carbocycles. The van der Waals surface area contributed by atoms with E-state index in [4.69, 9.17) is 0 Å². The summed E-state index contributed by atoms with van der Waals surface area (Å²) >= 11 is 0. The Morgan fingerprint density at radius 2 is 1.23 bits per heavy atom. The molecular formula is C16H10F3N3. The molecule has 3 rings (SSSR count). The normalized spacial score (nSPS) is 11.4. The Balaban J connectivity index is 2.23. The highest BCUT2D eigenvalue weighted by molar-refractivity contribution is 5.80. The van der Waals surface area contributed by atoms with Crippen LogP contribution >= 0.6 is 0 Å². The summed E-state index contributed by atoms with van der Waals surface area (Å²) in [5, 5.41) is 0. The van der Waals surface area contributed by atoms with E-state index >= 15 is 0 Å². The van der Waals surface area contributed by atoms with E-state index in [0.29, 0.717) is 11.1 Å². The van der Waals surface area contributed by atoms with Crippen molar-refractivity contribution in [3.63, 3.8) is 0 Å². The summed E-state index contributed by atoms with van der Waals surface area (Å²) < 4.78 is 38.8. The molecule has 0 unspecified atom stereocenters. The quantitative estimate of drug-likeness (QED) is 0.711. The number of hydrogen-bond donors (Lipinski definition) is 0. The average molecular weight is 301 g/mol. The van der Waals surface area contributed by atoms with Crippen LogP contribution in [0.25, 0.3) is 22.4 Å².